The molecule has 3 unspecified atom stereocenters. The van der Waals surface area contributed by atoms with Crippen LogP contribution in [0.4, 0.5) is 0 Å². The van der Waals surface area contributed by atoms with Crippen molar-refractivity contribution >= 4 is 10.8 Å². The summed E-state index contributed by atoms with van der Waals surface area (Å²) in [6.07, 6.45) is 3.56. The quantitative estimate of drug-likeness (QED) is 0.724. The Morgan fingerprint density at radius 3 is 2.58 bits per heavy atom. The average molecular weight is 189 g/mol. The van der Waals surface area contributed by atoms with E-state index < -0.39 is 10.8 Å². The van der Waals surface area contributed by atoms with Crippen molar-refractivity contribution in [1.82, 2.24) is 5.32 Å². The second-order valence-electron chi connectivity index (χ2n) is 3.74. The highest BCUT2D eigenvalue weighted by Crippen LogP contribution is 2.25. The van der Waals surface area contributed by atoms with Crippen molar-refractivity contribution in [2.24, 2.45) is 0 Å². The van der Waals surface area contributed by atoms with E-state index in [1.54, 1.807) is 0 Å². The van der Waals surface area contributed by atoms with Gasteiger partial charge in [-0.05, 0) is 19.9 Å². The van der Waals surface area contributed by atoms with Gasteiger partial charge >= 0.3 is 0 Å². The maximum atomic E-state index is 11.8. The average Bonchev–Trinajstić information content (AvgIpc) is 2.49. The first kappa shape index (κ1) is 10.2. The first-order valence-corrected chi connectivity index (χ1v) is 6.01. The number of hydrogen-bond acceptors (Lipinski definition) is 2. The maximum Gasteiger partial charge on any atom is 0.0503 e. The first-order chi connectivity index (χ1) is 5.66. The van der Waals surface area contributed by atoms with Gasteiger partial charge in [0.05, 0.1) is 5.25 Å². The van der Waals surface area contributed by atoms with E-state index in [4.69, 9.17) is 0 Å². The van der Waals surface area contributed by atoms with Gasteiger partial charge in [-0.25, -0.2) is 0 Å². The van der Waals surface area contributed by atoms with Crippen LogP contribution in [0.2, 0.25) is 0 Å². The molecule has 72 valence electrons. The lowest BCUT2D eigenvalue weighted by molar-refractivity contribution is 0.573. The number of rotatable bonds is 3. The Labute approximate surface area is 77.6 Å². The third kappa shape index (κ3) is 2.07. The van der Waals surface area contributed by atoms with E-state index in [2.05, 4.69) is 5.32 Å². The molecule has 3 atom stereocenters. The van der Waals surface area contributed by atoms with E-state index in [0.29, 0.717) is 16.5 Å². The van der Waals surface area contributed by atoms with Crippen molar-refractivity contribution in [2.45, 2.75) is 49.7 Å². The van der Waals surface area contributed by atoms with Crippen molar-refractivity contribution in [3.63, 3.8) is 0 Å². The van der Waals surface area contributed by atoms with Crippen molar-refractivity contribution in [2.75, 3.05) is 7.05 Å². The Bertz CT molecular complexity index is 170. The molecular formula is C9H19NOS. The zero-order chi connectivity index (χ0) is 9.14. The molecule has 0 aromatic carbocycles. The van der Waals surface area contributed by atoms with Crippen LogP contribution in [0.15, 0.2) is 0 Å². The number of hydrogen-bond donors (Lipinski definition) is 1. The molecule has 1 N–H and O–H groups in total. The molecule has 2 nitrogen and oxygen atoms in total. The van der Waals surface area contributed by atoms with Gasteiger partial charge < -0.3 is 5.32 Å². The van der Waals surface area contributed by atoms with Crippen molar-refractivity contribution in [1.29, 1.82) is 0 Å². The van der Waals surface area contributed by atoms with Gasteiger partial charge in [0.1, 0.15) is 0 Å². The number of nitrogens with one attached hydrogen (secondary N) is 1. The minimum Gasteiger partial charge on any atom is -0.316 e. The van der Waals surface area contributed by atoms with E-state index in [1.165, 1.54) is 12.8 Å². The molecule has 0 aromatic heterocycles. The highest BCUT2D eigenvalue weighted by Gasteiger charge is 2.31. The zero-order valence-corrected chi connectivity index (χ0v) is 8.99. The highest BCUT2D eigenvalue weighted by atomic mass is 32.2. The van der Waals surface area contributed by atoms with Crippen LogP contribution < -0.4 is 5.32 Å². The summed E-state index contributed by atoms with van der Waals surface area (Å²) in [5, 5.41) is 3.96. The van der Waals surface area contributed by atoms with E-state index >= 15 is 0 Å². The van der Waals surface area contributed by atoms with Crippen LogP contribution in [0.1, 0.15) is 33.1 Å². The van der Waals surface area contributed by atoms with Crippen molar-refractivity contribution < 1.29 is 4.21 Å². The van der Waals surface area contributed by atoms with Gasteiger partial charge in [-0.15, -0.1) is 0 Å². The summed E-state index contributed by atoms with van der Waals surface area (Å²) in [7, 11) is 1.33. The minimum absolute atomic E-state index is 0.309. The van der Waals surface area contributed by atoms with Crippen molar-refractivity contribution in [3.8, 4) is 0 Å². The van der Waals surface area contributed by atoms with E-state index in [-0.39, 0.29) is 0 Å². The topological polar surface area (TPSA) is 29.1 Å². The molecule has 1 saturated carbocycles. The molecule has 0 spiro atoms. The van der Waals surface area contributed by atoms with Gasteiger partial charge in [0.15, 0.2) is 0 Å². The lowest BCUT2D eigenvalue weighted by Crippen LogP contribution is -2.37. The fourth-order valence-corrected chi connectivity index (χ4v) is 3.58. The SMILES string of the molecule is CNC1CCCC1S(=O)C(C)C. The van der Waals surface area contributed by atoms with Crippen LogP contribution in [0.25, 0.3) is 0 Å². The highest BCUT2D eigenvalue weighted by molar-refractivity contribution is 7.86. The summed E-state index contributed by atoms with van der Waals surface area (Å²) in [6, 6.07) is 0.494. The molecule has 0 aromatic rings. The Morgan fingerprint density at radius 1 is 1.42 bits per heavy atom. The van der Waals surface area contributed by atoms with Gasteiger partial charge in [0.25, 0.3) is 0 Å². The zero-order valence-electron chi connectivity index (χ0n) is 8.17. The lowest BCUT2D eigenvalue weighted by Gasteiger charge is -2.20. The van der Waals surface area contributed by atoms with E-state index in [1.807, 2.05) is 20.9 Å². The predicted molar refractivity (Wildman–Crippen MR) is 53.8 cm³/mol. The molecule has 1 rings (SSSR count). The van der Waals surface area contributed by atoms with Crippen LogP contribution in [-0.2, 0) is 10.8 Å². The first-order valence-electron chi connectivity index (χ1n) is 4.73. The molecule has 1 aliphatic rings. The molecule has 0 radical (unpaired) electrons. The molecule has 3 heteroatoms. The summed E-state index contributed by atoms with van der Waals surface area (Å²) in [5.41, 5.74) is 0. The molecule has 0 saturated heterocycles. The monoisotopic (exact) mass is 189 g/mol. The largest absolute Gasteiger partial charge is 0.316 e. The lowest BCUT2D eigenvalue weighted by atomic mass is 10.2. The molecular weight excluding hydrogens is 170 g/mol. The van der Waals surface area contributed by atoms with Crippen LogP contribution in [0.3, 0.4) is 0 Å². The predicted octanol–water partition coefficient (Wildman–Crippen LogP) is 1.28. The molecule has 0 amide bonds. The van der Waals surface area contributed by atoms with Gasteiger partial charge in [0, 0.05) is 22.1 Å². The van der Waals surface area contributed by atoms with Gasteiger partial charge in [-0.3, -0.25) is 4.21 Å². The summed E-state index contributed by atoms with van der Waals surface area (Å²) >= 11 is 0. The normalized spacial score (nSPS) is 32.7. The van der Waals surface area contributed by atoms with E-state index in [9.17, 15) is 4.21 Å². The second kappa shape index (κ2) is 4.38. The van der Waals surface area contributed by atoms with Gasteiger partial charge in [0.2, 0.25) is 0 Å². The van der Waals surface area contributed by atoms with Crippen LogP contribution >= 0.6 is 0 Å². The molecule has 1 aliphatic carbocycles. The Kier molecular flexibility index (Phi) is 3.72. The van der Waals surface area contributed by atoms with E-state index in [0.717, 1.165) is 6.42 Å². The molecule has 0 heterocycles. The third-order valence-corrected chi connectivity index (χ3v) is 4.68. The Morgan fingerprint density at radius 2 is 2.08 bits per heavy atom. The third-order valence-electron chi connectivity index (χ3n) is 2.59. The standard InChI is InChI=1S/C9H19NOS/c1-7(2)12(11)9-6-4-5-8(9)10-3/h7-10H,4-6H2,1-3H3. The summed E-state index contributed by atoms with van der Waals surface area (Å²) in [4.78, 5) is 0. The maximum absolute atomic E-state index is 11.8. The van der Waals surface area contributed by atoms with Crippen molar-refractivity contribution in [3.05, 3.63) is 0 Å². The van der Waals surface area contributed by atoms with Gasteiger partial charge in [-0.2, -0.15) is 0 Å². The summed E-state index contributed by atoms with van der Waals surface area (Å²) in [5.74, 6) is 0. The molecule has 0 bridgehead atoms. The Balaban J connectivity index is 2.55. The summed E-state index contributed by atoms with van der Waals surface area (Å²) < 4.78 is 11.8. The molecule has 1 fully saturated rings. The van der Waals surface area contributed by atoms with Gasteiger partial charge in [-0.1, -0.05) is 20.3 Å². The summed E-state index contributed by atoms with van der Waals surface area (Å²) in [6.45, 7) is 4.09. The fraction of sp³-hybridized carbons (Fsp3) is 1.00. The molecule has 0 aliphatic heterocycles. The minimum atomic E-state index is -0.640. The van der Waals surface area contributed by atoms with Crippen LogP contribution in [0, 0.1) is 0 Å². The fourth-order valence-electron chi connectivity index (χ4n) is 1.88. The molecule has 12 heavy (non-hydrogen) atoms. The van der Waals surface area contributed by atoms with Crippen LogP contribution in [-0.4, -0.2) is 27.8 Å². The second-order valence-corrected chi connectivity index (χ2v) is 5.95. The smallest absolute Gasteiger partial charge is 0.0503 e. The Hall–Kier alpha value is 0.110. The van der Waals surface area contributed by atoms with Crippen LogP contribution in [0.5, 0.6) is 0 Å².